The molecule has 1 aliphatic rings. The fourth-order valence-electron chi connectivity index (χ4n) is 2.62. The van der Waals surface area contributed by atoms with E-state index in [0.717, 1.165) is 36.1 Å². The number of carbonyl (C=O) groups excluding carboxylic acids is 1. The number of hydrogen-bond donors (Lipinski definition) is 1. The first-order valence-electron chi connectivity index (χ1n) is 5.37. The van der Waals surface area contributed by atoms with Gasteiger partial charge in [0.2, 0.25) is 0 Å². The van der Waals surface area contributed by atoms with Crippen LogP contribution in [-0.4, -0.2) is 11.3 Å². The maximum atomic E-state index is 10.9. The van der Waals surface area contributed by atoms with E-state index < -0.39 is 0 Å². The molecule has 1 aliphatic carbocycles. The molecule has 0 spiro atoms. The highest BCUT2D eigenvalue weighted by molar-refractivity contribution is 5.98. The van der Waals surface area contributed by atoms with Gasteiger partial charge in [-0.15, -0.1) is 0 Å². The molecule has 0 saturated carbocycles. The topological polar surface area (TPSA) is 32.9 Å². The summed E-state index contributed by atoms with van der Waals surface area (Å²) in [4.78, 5) is 14.3. The lowest BCUT2D eigenvalue weighted by Crippen LogP contribution is -1.93. The number of aromatic amines is 1. The second kappa shape index (κ2) is 2.96. The lowest BCUT2D eigenvalue weighted by atomic mass is 10.1. The minimum absolute atomic E-state index is 0.732. The van der Waals surface area contributed by atoms with E-state index in [-0.39, 0.29) is 0 Å². The normalized spacial score (nSPS) is 19.4. The molecule has 1 heterocycles. The molecule has 2 aromatic rings. The zero-order valence-electron chi connectivity index (χ0n) is 8.71. The average molecular weight is 199 g/mol. The number of para-hydroxylation sites is 1. The highest BCUT2D eigenvalue weighted by Crippen LogP contribution is 2.33. The van der Waals surface area contributed by atoms with E-state index in [1.807, 2.05) is 12.1 Å². The molecule has 0 amide bonds. The Morgan fingerprint density at radius 1 is 1.40 bits per heavy atom. The van der Waals surface area contributed by atoms with Gasteiger partial charge in [0.25, 0.3) is 0 Å². The predicted octanol–water partition coefficient (Wildman–Crippen LogP) is 2.72. The van der Waals surface area contributed by atoms with E-state index >= 15 is 0 Å². The maximum absolute atomic E-state index is 10.9. The molecular weight excluding hydrogens is 186 g/mol. The van der Waals surface area contributed by atoms with Gasteiger partial charge in [0.15, 0.2) is 6.29 Å². The third-order valence-electron chi connectivity index (χ3n) is 3.29. The summed E-state index contributed by atoms with van der Waals surface area (Å²) >= 11 is 0. The molecule has 2 heteroatoms. The Labute approximate surface area is 88.3 Å². The zero-order chi connectivity index (χ0) is 10.4. The Hall–Kier alpha value is -1.57. The molecule has 1 aromatic carbocycles. The molecule has 15 heavy (non-hydrogen) atoms. The number of aldehydes is 1. The third kappa shape index (κ3) is 1.14. The molecule has 1 aromatic heterocycles. The highest BCUT2D eigenvalue weighted by Gasteiger charge is 2.22. The molecule has 0 bridgehead atoms. The Morgan fingerprint density at radius 2 is 2.27 bits per heavy atom. The summed E-state index contributed by atoms with van der Waals surface area (Å²) in [7, 11) is 0. The number of hydrogen-bond acceptors (Lipinski definition) is 1. The fraction of sp³-hybridized carbons (Fsp3) is 0.308. The summed E-state index contributed by atoms with van der Waals surface area (Å²) in [5, 5.41) is 1.24. The summed E-state index contributed by atoms with van der Waals surface area (Å²) < 4.78 is 0. The van der Waals surface area contributed by atoms with Crippen LogP contribution in [0.25, 0.3) is 10.9 Å². The first-order valence-corrected chi connectivity index (χ1v) is 5.37. The van der Waals surface area contributed by atoms with Crippen molar-refractivity contribution in [1.82, 2.24) is 4.98 Å². The minimum Gasteiger partial charge on any atom is -0.358 e. The first-order chi connectivity index (χ1) is 7.29. The van der Waals surface area contributed by atoms with E-state index in [2.05, 4.69) is 18.0 Å². The summed E-state index contributed by atoms with van der Waals surface area (Å²) in [6.45, 7) is 2.27. The number of carbonyl (C=O) groups is 1. The largest absolute Gasteiger partial charge is 0.358 e. The van der Waals surface area contributed by atoms with Crippen LogP contribution in [0.2, 0.25) is 0 Å². The zero-order valence-corrected chi connectivity index (χ0v) is 8.71. The van der Waals surface area contributed by atoms with E-state index in [1.165, 1.54) is 16.6 Å². The summed E-state index contributed by atoms with van der Waals surface area (Å²) in [5.41, 5.74) is 4.53. The Kier molecular flexibility index (Phi) is 1.72. The third-order valence-corrected chi connectivity index (χ3v) is 3.29. The standard InChI is InChI=1S/C13H13NO/c1-8-5-11-10-4-2-3-9(7-15)13(10)14-12(11)6-8/h2-4,7-8,14H,5-6H2,1H3. The second-order valence-corrected chi connectivity index (χ2v) is 4.48. The van der Waals surface area contributed by atoms with Crippen LogP contribution in [0.15, 0.2) is 18.2 Å². The van der Waals surface area contributed by atoms with Crippen LogP contribution >= 0.6 is 0 Å². The van der Waals surface area contributed by atoms with Crippen LogP contribution < -0.4 is 0 Å². The van der Waals surface area contributed by atoms with Crippen molar-refractivity contribution in [3.63, 3.8) is 0 Å². The lowest BCUT2D eigenvalue weighted by Gasteiger charge is -2.00. The molecule has 2 nitrogen and oxygen atoms in total. The maximum Gasteiger partial charge on any atom is 0.152 e. The van der Waals surface area contributed by atoms with Crippen LogP contribution in [0.3, 0.4) is 0 Å². The Morgan fingerprint density at radius 3 is 3.07 bits per heavy atom. The molecular formula is C13H13NO. The van der Waals surface area contributed by atoms with E-state index in [9.17, 15) is 4.79 Å². The van der Waals surface area contributed by atoms with Crippen molar-refractivity contribution in [1.29, 1.82) is 0 Å². The Balaban J connectivity index is 2.32. The molecule has 1 unspecified atom stereocenters. The van der Waals surface area contributed by atoms with Gasteiger partial charge in [-0.25, -0.2) is 0 Å². The van der Waals surface area contributed by atoms with Crippen molar-refractivity contribution >= 4 is 17.2 Å². The SMILES string of the molecule is CC1Cc2[nH]c3c(C=O)cccc3c2C1. The van der Waals surface area contributed by atoms with E-state index in [0.29, 0.717) is 0 Å². The van der Waals surface area contributed by atoms with E-state index in [1.54, 1.807) is 0 Å². The van der Waals surface area contributed by atoms with Gasteiger partial charge in [-0.1, -0.05) is 19.1 Å². The number of nitrogens with one attached hydrogen (secondary N) is 1. The van der Waals surface area contributed by atoms with Gasteiger partial charge >= 0.3 is 0 Å². The smallest absolute Gasteiger partial charge is 0.152 e. The van der Waals surface area contributed by atoms with Gasteiger partial charge in [-0.2, -0.15) is 0 Å². The molecule has 3 rings (SSSR count). The summed E-state index contributed by atoms with van der Waals surface area (Å²) in [6, 6.07) is 5.93. The number of fused-ring (bicyclic) bond motifs is 3. The van der Waals surface area contributed by atoms with Gasteiger partial charge in [0.05, 0.1) is 5.52 Å². The van der Waals surface area contributed by atoms with Crippen LogP contribution in [0, 0.1) is 5.92 Å². The molecule has 0 radical (unpaired) electrons. The highest BCUT2D eigenvalue weighted by atomic mass is 16.1. The van der Waals surface area contributed by atoms with Crippen molar-refractivity contribution in [2.45, 2.75) is 19.8 Å². The van der Waals surface area contributed by atoms with Gasteiger partial charge in [0.1, 0.15) is 0 Å². The number of rotatable bonds is 1. The molecule has 0 saturated heterocycles. The summed E-state index contributed by atoms with van der Waals surface area (Å²) in [5.74, 6) is 0.732. The number of H-pyrrole nitrogens is 1. The molecule has 1 atom stereocenters. The van der Waals surface area contributed by atoms with Crippen molar-refractivity contribution < 1.29 is 4.79 Å². The van der Waals surface area contributed by atoms with Crippen LogP contribution in [0.5, 0.6) is 0 Å². The monoisotopic (exact) mass is 199 g/mol. The molecule has 0 fully saturated rings. The van der Waals surface area contributed by atoms with Crippen molar-refractivity contribution in [3.8, 4) is 0 Å². The average Bonchev–Trinajstić information content (AvgIpc) is 2.73. The van der Waals surface area contributed by atoms with Gasteiger partial charge < -0.3 is 4.98 Å². The van der Waals surface area contributed by atoms with Crippen LogP contribution in [0.1, 0.15) is 28.5 Å². The molecule has 76 valence electrons. The van der Waals surface area contributed by atoms with Crippen LogP contribution in [-0.2, 0) is 12.8 Å². The minimum atomic E-state index is 0.732. The van der Waals surface area contributed by atoms with Crippen molar-refractivity contribution in [2.75, 3.05) is 0 Å². The molecule has 1 N–H and O–H groups in total. The number of aromatic nitrogens is 1. The molecule has 0 aliphatic heterocycles. The summed E-state index contributed by atoms with van der Waals surface area (Å²) in [6.07, 6.45) is 3.18. The fourth-order valence-corrected chi connectivity index (χ4v) is 2.62. The van der Waals surface area contributed by atoms with Gasteiger partial charge in [-0.3, -0.25) is 4.79 Å². The lowest BCUT2D eigenvalue weighted by molar-refractivity contribution is 0.112. The van der Waals surface area contributed by atoms with E-state index in [4.69, 9.17) is 0 Å². The van der Waals surface area contributed by atoms with Gasteiger partial charge in [0, 0.05) is 16.6 Å². The van der Waals surface area contributed by atoms with Crippen molar-refractivity contribution in [3.05, 3.63) is 35.0 Å². The second-order valence-electron chi connectivity index (χ2n) is 4.48. The predicted molar refractivity (Wildman–Crippen MR) is 60.3 cm³/mol. The van der Waals surface area contributed by atoms with Crippen molar-refractivity contribution in [2.24, 2.45) is 5.92 Å². The quantitative estimate of drug-likeness (QED) is 0.704. The van der Waals surface area contributed by atoms with Gasteiger partial charge in [-0.05, 0) is 30.4 Å². The number of benzene rings is 1. The Bertz CT molecular complexity index is 539. The van der Waals surface area contributed by atoms with Crippen LogP contribution in [0.4, 0.5) is 0 Å². The first kappa shape index (κ1) is 8.72.